The van der Waals surface area contributed by atoms with Crippen LogP contribution in [0.3, 0.4) is 0 Å². The maximum absolute atomic E-state index is 12.3. The zero-order valence-electron chi connectivity index (χ0n) is 16.3. The molecule has 0 spiro atoms. The summed E-state index contributed by atoms with van der Waals surface area (Å²) in [6, 6.07) is 3.10. The van der Waals surface area contributed by atoms with Crippen molar-refractivity contribution >= 4 is 34.2 Å². The van der Waals surface area contributed by atoms with Gasteiger partial charge in [-0.05, 0) is 50.8 Å². The van der Waals surface area contributed by atoms with E-state index in [0.29, 0.717) is 17.2 Å². The van der Waals surface area contributed by atoms with Crippen LogP contribution in [-0.2, 0) is 27.1 Å². The molecule has 1 aliphatic rings. The number of nitrogens with zero attached hydrogens (tertiary/aromatic N) is 1. The van der Waals surface area contributed by atoms with Crippen LogP contribution in [0.4, 0.5) is 5.00 Å². The molecule has 1 N–H and O–H groups in total. The number of thiophene rings is 1. The molecule has 0 saturated heterocycles. The van der Waals surface area contributed by atoms with Crippen LogP contribution in [0.1, 0.15) is 51.4 Å². The Balaban J connectivity index is 1.66. The Bertz CT molecular complexity index is 924. The van der Waals surface area contributed by atoms with Crippen molar-refractivity contribution < 1.29 is 28.6 Å². The Morgan fingerprint density at radius 1 is 1.14 bits per heavy atom. The van der Waals surface area contributed by atoms with Crippen molar-refractivity contribution in [3.63, 3.8) is 0 Å². The van der Waals surface area contributed by atoms with Gasteiger partial charge in [0, 0.05) is 11.1 Å². The third kappa shape index (κ3) is 4.73. The fourth-order valence-corrected chi connectivity index (χ4v) is 4.37. The van der Waals surface area contributed by atoms with Gasteiger partial charge >= 0.3 is 11.9 Å². The highest BCUT2D eigenvalue weighted by atomic mass is 32.1. The average molecular weight is 418 g/mol. The van der Waals surface area contributed by atoms with E-state index in [4.69, 9.17) is 14.2 Å². The van der Waals surface area contributed by atoms with Gasteiger partial charge in [-0.1, -0.05) is 0 Å². The predicted octanol–water partition coefficient (Wildman–Crippen LogP) is 3.00. The zero-order chi connectivity index (χ0) is 20.8. The molecule has 9 heteroatoms. The van der Waals surface area contributed by atoms with Gasteiger partial charge in [-0.3, -0.25) is 4.79 Å². The van der Waals surface area contributed by atoms with E-state index in [2.05, 4.69) is 10.3 Å². The highest BCUT2D eigenvalue weighted by Crippen LogP contribution is 2.39. The monoisotopic (exact) mass is 418 g/mol. The summed E-state index contributed by atoms with van der Waals surface area (Å²) in [5, 5.41) is 3.12. The molecule has 2 aromatic rings. The van der Waals surface area contributed by atoms with Crippen LogP contribution < -0.4 is 10.1 Å². The number of pyridine rings is 1. The summed E-state index contributed by atoms with van der Waals surface area (Å²) in [6.07, 6.45) is 4.14. The molecule has 2 heterocycles. The number of aryl methyl sites for hydroxylation is 1. The number of nitrogens with one attached hydrogen (secondary N) is 1. The number of esters is 2. The quantitative estimate of drug-likeness (QED) is 0.657. The molecule has 1 aliphatic carbocycles. The first kappa shape index (κ1) is 20.8. The van der Waals surface area contributed by atoms with Crippen molar-refractivity contribution in [1.29, 1.82) is 0 Å². The number of anilines is 1. The maximum Gasteiger partial charge on any atom is 0.344 e. The second kappa shape index (κ2) is 9.51. The van der Waals surface area contributed by atoms with Gasteiger partial charge in [0.1, 0.15) is 10.6 Å². The topological polar surface area (TPSA) is 104 Å². The summed E-state index contributed by atoms with van der Waals surface area (Å²) in [5.41, 5.74) is 1.50. The highest BCUT2D eigenvalue weighted by Gasteiger charge is 2.28. The van der Waals surface area contributed by atoms with Crippen LogP contribution in [0.5, 0.6) is 5.88 Å². The summed E-state index contributed by atoms with van der Waals surface area (Å²) in [7, 11) is 0. The number of hydrogen-bond acceptors (Lipinski definition) is 8. The lowest BCUT2D eigenvalue weighted by Gasteiger charge is -2.10. The van der Waals surface area contributed by atoms with Crippen LogP contribution in [0, 0.1) is 0 Å². The number of carbonyl (C=O) groups is 3. The summed E-state index contributed by atoms with van der Waals surface area (Å²) in [4.78, 5) is 42.0. The van der Waals surface area contributed by atoms with E-state index in [0.717, 1.165) is 29.7 Å². The third-order valence-electron chi connectivity index (χ3n) is 4.26. The van der Waals surface area contributed by atoms with Crippen molar-refractivity contribution in [2.24, 2.45) is 0 Å². The summed E-state index contributed by atoms with van der Waals surface area (Å²) >= 11 is 1.37. The minimum atomic E-state index is -0.712. The van der Waals surface area contributed by atoms with Crippen molar-refractivity contribution in [3.05, 3.63) is 39.9 Å². The lowest BCUT2D eigenvalue weighted by Crippen LogP contribution is -2.22. The molecule has 0 radical (unpaired) electrons. The van der Waals surface area contributed by atoms with Gasteiger partial charge in [-0.2, -0.15) is 0 Å². The molecule has 2 aromatic heterocycles. The van der Waals surface area contributed by atoms with Crippen LogP contribution in [0.25, 0.3) is 0 Å². The number of ether oxygens (including phenoxy) is 3. The Kier molecular flexibility index (Phi) is 6.82. The zero-order valence-corrected chi connectivity index (χ0v) is 17.1. The summed E-state index contributed by atoms with van der Waals surface area (Å²) < 4.78 is 15.5. The molecule has 0 aliphatic heterocycles. The van der Waals surface area contributed by atoms with Gasteiger partial charge in [0.05, 0.1) is 18.8 Å². The molecular weight excluding hydrogens is 396 g/mol. The lowest BCUT2D eigenvalue weighted by atomic mass is 10.1. The largest absolute Gasteiger partial charge is 0.477 e. The molecular formula is C20H22N2O6S. The van der Waals surface area contributed by atoms with E-state index in [1.165, 1.54) is 23.6 Å². The third-order valence-corrected chi connectivity index (χ3v) is 5.47. The average Bonchev–Trinajstić information content (AvgIpc) is 3.27. The van der Waals surface area contributed by atoms with Crippen molar-refractivity contribution in [3.8, 4) is 5.88 Å². The van der Waals surface area contributed by atoms with Crippen LogP contribution >= 0.6 is 11.3 Å². The smallest absolute Gasteiger partial charge is 0.344 e. The first-order valence-corrected chi connectivity index (χ1v) is 10.2. The molecule has 0 saturated carbocycles. The number of fused-ring (bicyclic) bond motifs is 1. The van der Waals surface area contributed by atoms with Gasteiger partial charge in [0.25, 0.3) is 5.91 Å². The minimum Gasteiger partial charge on any atom is -0.477 e. The van der Waals surface area contributed by atoms with E-state index in [9.17, 15) is 14.4 Å². The van der Waals surface area contributed by atoms with Crippen molar-refractivity contribution in [2.75, 3.05) is 25.1 Å². The SMILES string of the molecule is CCOC(=O)c1c(NC(=O)COC(=O)c2cccnc2OCC)sc2c1CCC2. The van der Waals surface area contributed by atoms with Crippen molar-refractivity contribution in [2.45, 2.75) is 33.1 Å². The van der Waals surface area contributed by atoms with Crippen LogP contribution in [0.15, 0.2) is 18.3 Å². The summed E-state index contributed by atoms with van der Waals surface area (Å²) in [5.74, 6) is -1.54. The van der Waals surface area contributed by atoms with Gasteiger partial charge in [-0.15, -0.1) is 11.3 Å². The Morgan fingerprint density at radius 3 is 2.72 bits per heavy atom. The van der Waals surface area contributed by atoms with Gasteiger partial charge < -0.3 is 19.5 Å². The number of amides is 1. The Labute approximate surface area is 172 Å². The van der Waals surface area contributed by atoms with Crippen molar-refractivity contribution in [1.82, 2.24) is 4.98 Å². The molecule has 8 nitrogen and oxygen atoms in total. The lowest BCUT2D eigenvalue weighted by molar-refractivity contribution is -0.119. The van der Waals surface area contributed by atoms with E-state index >= 15 is 0 Å². The van der Waals surface area contributed by atoms with E-state index in [-0.39, 0.29) is 18.1 Å². The van der Waals surface area contributed by atoms with E-state index in [1.807, 2.05) is 0 Å². The molecule has 3 rings (SSSR count). The second-order valence-corrected chi connectivity index (χ2v) is 7.30. The fourth-order valence-electron chi connectivity index (χ4n) is 3.08. The molecule has 0 aromatic carbocycles. The number of aromatic nitrogens is 1. The standard InChI is InChI=1S/C20H22N2O6S/c1-3-26-17-13(8-6-10-21-17)19(24)28-11-15(23)22-18-16(20(25)27-4-2)12-7-5-9-14(12)29-18/h6,8,10H,3-5,7,9,11H2,1-2H3,(H,22,23). The van der Waals surface area contributed by atoms with E-state index in [1.54, 1.807) is 19.9 Å². The molecule has 154 valence electrons. The van der Waals surface area contributed by atoms with Crippen LogP contribution in [0.2, 0.25) is 0 Å². The molecule has 1 amide bonds. The van der Waals surface area contributed by atoms with Crippen LogP contribution in [-0.4, -0.2) is 42.7 Å². The summed E-state index contributed by atoms with van der Waals surface area (Å²) in [6.45, 7) is 3.61. The molecule has 0 fully saturated rings. The Hall–Kier alpha value is -2.94. The minimum absolute atomic E-state index is 0.143. The Morgan fingerprint density at radius 2 is 1.97 bits per heavy atom. The normalized spacial score (nSPS) is 12.2. The van der Waals surface area contributed by atoms with Gasteiger partial charge in [-0.25, -0.2) is 14.6 Å². The van der Waals surface area contributed by atoms with Gasteiger partial charge in [0.15, 0.2) is 6.61 Å². The number of rotatable bonds is 8. The highest BCUT2D eigenvalue weighted by molar-refractivity contribution is 7.17. The second-order valence-electron chi connectivity index (χ2n) is 6.20. The molecule has 0 atom stereocenters. The molecule has 0 unspecified atom stereocenters. The molecule has 0 bridgehead atoms. The fraction of sp³-hybridized carbons (Fsp3) is 0.400. The van der Waals surface area contributed by atoms with E-state index < -0.39 is 24.5 Å². The number of carbonyl (C=O) groups excluding carboxylic acids is 3. The number of hydrogen-bond donors (Lipinski definition) is 1. The van der Waals surface area contributed by atoms with Gasteiger partial charge in [0.2, 0.25) is 5.88 Å². The first-order chi connectivity index (χ1) is 14.0. The maximum atomic E-state index is 12.3. The first-order valence-electron chi connectivity index (χ1n) is 9.41. The molecule has 29 heavy (non-hydrogen) atoms. The predicted molar refractivity (Wildman–Crippen MR) is 107 cm³/mol.